The molecule has 1 atom stereocenters. The van der Waals surface area contributed by atoms with Crippen molar-refractivity contribution in [2.24, 2.45) is 0 Å². The van der Waals surface area contributed by atoms with Crippen LogP contribution in [-0.2, 0) is 0 Å². The molecule has 0 fully saturated rings. The second-order valence-corrected chi connectivity index (χ2v) is 4.50. The summed E-state index contributed by atoms with van der Waals surface area (Å²) in [7, 11) is 1.98. The van der Waals surface area contributed by atoms with E-state index in [-0.39, 0.29) is 6.04 Å². The van der Waals surface area contributed by atoms with E-state index < -0.39 is 0 Å². The van der Waals surface area contributed by atoms with E-state index in [0.29, 0.717) is 0 Å². The molecule has 1 N–H and O–H groups in total. The van der Waals surface area contributed by atoms with E-state index in [1.54, 1.807) is 0 Å². The fourth-order valence-electron chi connectivity index (χ4n) is 2.20. The van der Waals surface area contributed by atoms with Gasteiger partial charge in [0.2, 0.25) is 0 Å². The summed E-state index contributed by atoms with van der Waals surface area (Å²) >= 11 is 0. The first kappa shape index (κ1) is 11.9. The maximum absolute atomic E-state index is 5.60. The number of nitrogens with one attached hydrogen (secondary N) is 1. The van der Waals surface area contributed by atoms with Gasteiger partial charge in [-0.05, 0) is 39.4 Å². The lowest BCUT2D eigenvalue weighted by atomic mass is 9.98. The Hall–Kier alpha value is -1.54. The van der Waals surface area contributed by atoms with Crippen LogP contribution in [0.4, 0.5) is 0 Å². The van der Waals surface area contributed by atoms with Gasteiger partial charge in [-0.2, -0.15) is 0 Å². The largest absolute Gasteiger partial charge is 0.466 e. The lowest BCUT2D eigenvalue weighted by Crippen LogP contribution is -2.17. The summed E-state index contributed by atoms with van der Waals surface area (Å²) in [5.74, 6) is 1.95. The smallest absolute Gasteiger partial charge is 0.106 e. The highest BCUT2D eigenvalue weighted by Gasteiger charge is 2.17. The van der Waals surface area contributed by atoms with Crippen LogP contribution in [0.1, 0.15) is 34.3 Å². The highest BCUT2D eigenvalue weighted by atomic mass is 16.3. The summed E-state index contributed by atoms with van der Waals surface area (Å²) in [6, 6.07) is 10.9. The van der Waals surface area contributed by atoms with Crippen LogP contribution in [0.2, 0.25) is 0 Å². The van der Waals surface area contributed by atoms with Crippen molar-refractivity contribution < 1.29 is 4.42 Å². The Bertz CT molecular complexity index is 496. The fourth-order valence-corrected chi connectivity index (χ4v) is 2.20. The van der Waals surface area contributed by atoms with E-state index in [0.717, 1.165) is 11.5 Å². The molecule has 1 heterocycles. The molecule has 90 valence electrons. The van der Waals surface area contributed by atoms with Crippen molar-refractivity contribution >= 4 is 0 Å². The Morgan fingerprint density at radius 1 is 1.06 bits per heavy atom. The van der Waals surface area contributed by atoms with Crippen LogP contribution in [0, 0.1) is 20.8 Å². The van der Waals surface area contributed by atoms with Gasteiger partial charge in [-0.3, -0.25) is 0 Å². The van der Waals surface area contributed by atoms with Crippen LogP contribution in [-0.4, -0.2) is 7.05 Å². The number of benzene rings is 1. The van der Waals surface area contributed by atoms with Gasteiger partial charge in [0.15, 0.2) is 0 Å². The second kappa shape index (κ2) is 4.76. The van der Waals surface area contributed by atoms with Gasteiger partial charge in [0.05, 0.1) is 6.04 Å². The molecule has 0 saturated heterocycles. The molecular formula is C15H19NO. The maximum Gasteiger partial charge on any atom is 0.106 e. The third-order valence-electron chi connectivity index (χ3n) is 3.09. The molecule has 1 aromatic heterocycles. The molecule has 2 nitrogen and oxygen atoms in total. The van der Waals surface area contributed by atoms with E-state index in [9.17, 15) is 0 Å². The van der Waals surface area contributed by atoms with Crippen LogP contribution < -0.4 is 5.32 Å². The zero-order valence-corrected chi connectivity index (χ0v) is 10.9. The molecule has 0 aliphatic rings. The van der Waals surface area contributed by atoms with Gasteiger partial charge in [-0.15, -0.1) is 0 Å². The Labute approximate surface area is 103 Å². The molecule has 2 rings (SSSR count). The molecule has 1 aromatic carbocycles. The van der Waals surface area contributed by atoms with Gasteiger partial charge in [0.1, 0.15) is 11.5 Å². The first-order valence-corrected chi connectivity index (χ1v) is 5.92. The van der Waals surface area contributed by atoms with Crippen LogP contribution in [0.5, 0.6) is 0 Å². The molecular weight excluding hydrogens is 210 g/mol. The van der Waals surface area contributed by atoms with Gasteiger partial charge in [0, 0.05) is 5.56 Å². The summed E-state index contributed by atoms with van der Waals surface area (Å²) in [5.41, 5.74) is 3.76. The average Bonchev–Trinajstić information content (AvgIpc) is 2.62. The molecule has 0 radical (unpaired) electrons. The Morgan fingerprint density at radius 3 is 2.18 bits per heavy atom. The summed E-state index contributed by atoms with van der Waals surface area (Å²) in [5, 5.41) is 3.35. The zero-order chi connectivity index (χ0) is 12.4. The lowest BCUT2D eigenvalue weighted by molar-refractivity contribution is 0.497. The summed E-state index contributed by atoms with van der Waals surface area (Å²) < 4.78 is 5.60. The van der Waals surface area contributed by atoms with Crippen molar-refractivity contribution in [1.29, 1.82) is 0 Å². The number of hydrogen-bond donors (Lipinski definition) is 1. The van der Waals surface area contributed by atoms with Gasteiger partial charge in [-0.1, -0.05) is 29.8 Å². The van der Waals surface area contributed by atoms with Crippen molar-refractivity contribution in [3.8, 4) is 0 Å². The van der Waals surface area contributed by atoms with E-state index in [1.165, 1.54) is 16.7 Å². The Morgan fingerprint density at radius 2 is 1.71 bits per heavy atom. The minimum atomic E-state index is 0.202. The predicted octanol–water partition coefficient (Wildman–Crippen LogP) is 3.51. The zero-order valence-electron chi connectivity index (χ0n) is 10.9. The van der Waals surface area contributed by atoms with Crippen molar-refractivity contribution in [3.05, 3.63) is 58.5 Å². The molecule has 1 unspecified atom stereocenters. The SMILES string of the molecule is CNC(c1ccc(C)cc1)c1cc(C)oc1C. The number of hydrogen-bond acceptors (Lipinski definition) is 2. The van der Waals surface area contributed by atoms with Crippen molar-refractivity contribution in [2.75, 3.05) is 7.05 Å². The highest BCUT2D eigenvalue weighted by molar-refractivity contribution is 5.35. The monoisotopic (exact) mass is 229 g/mol. The average molecular weight is 229 g/mol. The lowest BCUT2D eigenvalue weighted by Gasteiger charge is -2.16. The van der Waals surface area contributed by atoms with Crippen molar-refractivity contribution in [3.63, 3.8) is 0 Å². The minimum absolute atomic E-state index is 0.202. The van der Waals surface area contributed by atoms with Gasteiger partial charge in [0.25, 0.3) is 0 Å². The molecule has 0 saturated carbocycles. The quantitative estimate of drug-likeness (QED) is 0.871. The van der Waals surface area contributed by atoms with Gasteiger partial charge in [-0.25, -0.2) is 0 Å². The Balaban J connectivity index is 2.39. The first-order valence-electron chi connectivity index (χ1n) is 5.92. The normalized spacial score (nSPS) is 12.7. The van der Waals surface area contributed by atoms with Crippen molar-refractivity contribution in [1.82, 2.24) is 5.32 Å². The first-order chi connectivity index (χ1) is 8.11. The standard InChI is InChI=1S/C15H19NO/c1-10-5-7-13(8-6-10)15(16-4)14-9-11(2)17-12(14)3/h5-9,15-16H,1-4H3. The summed E-state index contributed by atoms with van der Waals surface area (Å²) in [4.78, 5) is 0. The van der Waals surface area contributed by atoms with Crippen LogP contribution in [0.3, 0.4) is 0 Å². The van der Waals surface area contributed by atoms with E-state index in [2.05, 4.69) is 42.6 Å². The molecule has 0 bridgehead atoms. The summed E-state index contributed by atoms with van der Waals surface area (Å²) in [6.07, 6.45) is 0. The predicted molar refractivity (Wildman–Crippen MR) is 70.3 cm³/mol. The fraction of sp³-hybridized carbons (Fsp3) is 0.333. The minimum Gasteiger partial charge on any atom is -0.466 e. The molecule has 0 aliphatic heterocycles. The third-order valence-corrected chi connectivity index (χ3v) is 3.09. The van der Waals surface area contributed by atoms with E-state index >= 15 is 0 Å². The van der Waals surface area contributed by atoms with Gasteiger partial charge < -0.3 is 9.73 Å². The number of aryl methyl sites for hydroxylation is 3. The molecule has 2 aromatic rings. The molecule has 0 aliphatic carbocycles. The number of rotatable bonds is 3. The Kier molecular flexibility index (Phi) is 3.34. The topological polar surface area (TPSA) is 25.2 Å². The van der Waals surface area contributed by atoms with E-state index in [1.807, 2.05) is 20.9 Å². The third kappa shape index (κ3) is 2.42. The molecule has 17 heavy (non-hydrogen) atoms. The van der Waals surface area contributed by atoms with Gasteiger partial charge >= 0.3 is 0 Å². The summed E-state index contributed by atoms with van der Waals surface area (Å²) in [6.45, 7) is 6.10. The highest BCUT2D eigenvalue weighted by Crippen LogP contribution is 2.27. The molecule has 0 amide bonds. The number of furan rings is 1. The van der Waals surface area contributed by atoms with Crippen LogP contribution >= 0.6 is 0 Å². The van der Waals surface area contributed by atoms with E-state index in [4.69, 9.17) is 4.42 Å². The molecule has 2 heteroatoms. The van der Waals surface area contributed by atoms with Crippen molar-refractivity contribution in [2.45, 2.75) is 26.8 Å². The van der Waals surface area contributed by atoms with Crippen LogP contribution in [0.25, 0.3) is 0 Å². The molecule has 0 spiro atoms. The van der Waals surface area contributed by atoms with Crippen LogP contribution in [0.15, 0.2) is 34.7 Å². The second-order valence-electron chi connectivity index (χ2n) is 4.50. The maximum atomic E-state index is 5.60.